The van der Waals surface area contributed by atoms with Crippen LogP contribution in [0.15, 0.2) is 0 Å². The Hall–Kier alpha value is 0.200. The van der Waals surface area contributed by atoms with Gasteiger partial charge in [-0.15, -0.1) is 0 Å². The number of hydrogen-bond acceptors (Lipinski definition) is 6. The normalized spacial score (nSPS) is 9.17. The van der Waals surface area contributed by atoms with Crippen LogP contribution in [0, 0.1) is 4.77 Å². The molecule has 0 radical (unpaired) electrons. The average Bonchev–Trinajstić information content (AvgIpc) is 2.12. The summed E-state index contributed by atoms with van der Waals surface area (Å²) >= 11 is 4.48. The third kappa shape index (κ3) is 16.7. The molecule has 0 saturated heterocycles. The van der Waals surface area contributed by atoms with Gasteiger partial charge < -0.3 is 4.55 Å². The van der Waals surface area contributed by atoms with Crippen LogP contribution in [0.4, 0.5) is 0 Å². The quantitative estimate of drug-likeness (QED) is 0.262. The van der Waals surface area contributed by atoms with E-state index in [1.165, 1.54) is 0 Å². The SMILES string of the molecule is CS(=O)(=O)[O-].S=c1nn[nH][nH]1.[Na+]. The first-order chi connectivity index (χ1) is 4.89. The third-order valence-electron chi connectivity index (χ3n) is 0.354. The molecule has 0 spiro atoms. The molecule has 0 atom stereocenters. The summed E-state index contributed by atoms with van der Waals surface area (Å²) in [6, 6.07) is 0. The summed E-state index contributed by atoms with van der Waals surface area (Å²) in [5.74, 6) is 0. The average molecular weight is 220 g/mol. The molecule has 0 fully saturated rings. The van der Waals surface area contributed by atoms with Crippen molar-refractivity contribution in [1.29, 1.82) is 0 Å². The van der Waals surface area contributed by atoms with Crippen molar-refractivity contribution < 1.29 is 42.5 Å². The minimum Gasteiger partial charge on any atom is -0.748 e. The smallest absolute Gasteiger partial charge is 0.748 e. The van der Waals surface area contributed by atoms with Gasteiger partial charge in [0.05, 0.1) is 10.1 Å². The molecule has 7 nitrogen and oxygen atoms in total. The van der Waals surface area contributed by atoms with Crippen molar-refractivity contribution in [2.45, 2.75) is 0 Å². The molecule has 1 rings (SSSR count). The van der Waals surface area contributed by atoms with Crippen molar-refractivity contribution in [3.8, 4) is 0 Å². The topological polar surface area (TPSA) is 115 Å². The summed E-state index contributed by atoms with van der Waals surface area (Å²) < 4.78 is 27.6. The molecule has 2 N–H and O–H groups in total. The number of H-pyrrole nitrogens is 2. The molecule has 0 saturated carbocycles. The van der Waals surface area contributed by atoms with Gasteiger partial charge in [-0.2, -0.15) is 5.21 Å². The van der Waals surface area contributed by atoms with Gasteiger partial charge in [0, 0.05) is 6.26 Å². The molecule has 64 valence electrons. The predicted molar refractivity (Wildman–Crippen MR) is 37.2 cm³/mol. The maximum absolute atomic E-state index is 9.08. The maximum atomic E-state index is 9.08. The zero-order valence-corrected chi connectivity index (χ0v) is 10.1. The van der Waals surface area contributed by atoms with E-state index in [0.717, 1.165) is 0 Å². The molecule has 1 aromatic heterocycles. The van der Waals surface area contributed by atoms with E-state index in [4.69, 9.17) is 13.0 Å². The fourth-order valence-corrected chi connectivity index (χ4v) is 0.255. The molecule has 0 aromatic carbocycles. The van der Waals surface area contributed by atoms with Gasteiger partial charge in [0.1, 0.15) is 0 Å². The number of nitrogens with zero attached hydrogens (tertiary/aromatic N) is 2. The minimum atomic E-state index is -3.92. The Bertz CT molecular complexity index is 316. The van der Waals surface area contributed by atoms with Gasteiger partial charge in [0.15, 0.2) is 0 Å². The van der Waals surface area contributed by atoms with Crippen LogP contribution in [-0.2, 0) is 10.1 Å². The Kier molecular flexibility index (Phi) is 8.20. The van der Waals surface area contributed by atoms with Crippen LogP contribution in [-0.4, -0.2) is 39.9 Å². The number of aromatic amines is 2. The van der Waals surface area contributed by atoms with E-state index in [9.17, 15) is 0 Å². The molecule has 0 bridgehead atoms. The molecule has 1 aromatic rings. The van der Waals surface area contributed by atoms with E-state index in [0.29, 0.717) is 11.0 Å². The first-order valence-corrected chi connectivity index (χ1v) is 4.48. The predicted octanol–water partition coefficient (Wildman–Crippen LogP) is -3.97. The van der Waals surface area contributed by atoms with Gasteiger partial charge in [-0.1, -0.05) is 10.3 Å². The van der Waals surface area contributed by atoms with Crippen molar-refractivity contribution in [1.82, 2.24) is 20.6 Å². The number of nitrogens with one attached hydrogen (secondary N) is 2. The van der Waals surface area contributed by atoms with Crippen molar-refractivity contribution in [3.05, 3.63) is 4.77 Å². The number of hydrogen-bond donors (Lipinski definition) is 2. The molecule has 0 unspecified atom stereocenters. The first-order valence-electron chi connectivity index (χ1n) is 2.26. The zero-order valence-electron chi connectivity index (χ0n) is 6.44. The van der Waals surface area contributed by atoms with E-state index in [1.54, 1.807) is 0 Å². The van der Waals surface area contributed by atoms with E-state index in [1.807, 2.05) is 0 Å². The summed E-state index contributed by atoms with van der Waals surface area (Å²) in [4.78, 5) is 0. The van der Waals surface area contributed by atoms with Gasteiger partial charge in [-0.3, -0.25) is 5.10 Å². The van der Waals surface area contributed by atoms with Gasteiger partial charge in [-0.05, 0) is 12.2 Å². The van der Waals surface area contributed by atoms with Crippen molar-refractivity contribution in [3.63, 3.8) is 0 Å². The van der Waals surface area contributed by atoms with Crippen molar-refractivity contribution >= 4 is 22.3 Å². The largest absolute Gasteiger partial charge is 1.00 e. The minimum absolute atomic E-state index is 0. The Morgan fingerprint density at radius 2 is 2.00 bits per heavy atom. The molecule has 10 heteroatoms. The fourth-order valence-electron chi connectivity index (χ4n) is 0.168. The van der Waals surface area contributed by atoms with Crippen LogP contribution >= 0.6 is 12.2 Å². The molecule has 0 aliphatic heterocycles. The Morgan fingerprint density at radius 3 is 2.08 bits per heavy atom. The molecule has 12 heavy (non-hydrogen) atoms. The second-order valence-corrected chi connectivity index (χ2v) is 3.24. The van der Waals surface area contributed by atoms with Gasteiger partial charge >= 0.3 is 29.6 Å². The summed E-state index contributed by atoms with van der Waals surface area (Å²) in [6.07, 6.45) is 0.604. The molecule has 0 amide bonds. The Balaban J connectivity index is 0. The number of rotatable bonds is 0. The fraction of sp³-hybridized carbons (Fsp3) is 0.500. The summed E-state index contributed by atoms with van der Waals surface area (Å²) in [5, 5.41) is 11.5. The Labute approximate surface area is 96.0 Å². The number of aromatic nitrogens is 4. The second-order valence-electron chi connectivity index (χ2n) is 1.45. The van der Waals surface area contributed by atoms with E-state index >= 15 is 0 Å². The Morgan fingerprint density at radius 1 is 1.58 bits per heavy atom. The summed E-state index contributed by atoms with van der Waals surface area (Å²) in [5.41, 5.74) is 0. The third-order valence-corrected chi connectivity index (χ3v) is 0.537. The number of tetrazole rings is 1. The standard InChI is InChI=1S/CH2N4S.CH4O3S.Na/c6-1-2-4-5-3-1;1-5(2,3)4;/h(H2,2,3,4,5,6);1H3,(H,2,3,4);/q;;+1/p-1. The van der Waals surface area contributed by atoms with Gasteiger partial charge in [0.2, 0.25) is 4.77 Å². The van der Waals surface area contributed by atoms with E-state index in [2.05, 4.69) is 32.8 Å². The molecular formula is C2H5N4NaO3S2. The van der Waals surface area contributed by atoms with Crippen LogP contribution in [0.1, 0.15) is 0 Å². The zero-order chi connectivity index (χ0) is 8.91. The summed E-state index contributed by atoms with van der Waals surface area (Å²) in [6.45, 7) is 0. The maximum Gasteiger partial charge on any atom is 1.00 e. The van der Waals surface area contributed by atoms with Gasteiger partial charge in [-0.25, -0.2) is 8.42 Å². The van der Waals surface area contributed by atoms with E-state index < -0.39 is 10.1 Å². The monoisotopic (exact) mass is 220 g/mol. The molecule has 1 heterocycles. The van der Waals surface area contributed by atoms with Gasteiger partial charge in [0.25, 0.3) is 0 Å². The van der Waals surface area contributed by atoms with Crippen molar-refractivity contribution in [2.24, 2.45) is 0 Å². The van der Waals surface area contributed by atoms with Crippen LogP contribution in [0.3, 0.4) is 0 Å². The van der Waals surface area contributed by atoms with Crippen LogP contribution < -0.4 is 29.6 Å². The molecule has 0 aliphatic carbocycles. The second kappa shape index (κ2) is 6.69. The van der Waals surface area contributed by atoms with Crippen LogP contribution in [0.2, 0.25) is 0 Å². The van der Waals surface area contributed by atoms with Crippen LogP contribution in [0.25, 0.3) is 0 Å². The van der Waals surface area contributed by atoms with Crippen molar-refractivity contribution in [2.75, 3.05) is 6.26 Å². The first kappa shape index (κ1) is 14.7. The summed E-state index contributed by atoms with van der Waals surface area (Å²) in [7, 11) is -3.92. The molecular weight excluding hydrogens is 215 g/mol. The molecule has 0 aliphatic rings. The van der Waals surface area contributed by atoms with Crippen LogP contribution in [0.5, 0.6) is 0 Å². The van der Waals surface area contributed by atoms with E-state index in [-0.39, 0.29) is 29.6 Å².